The van der Waals surface area contributed by atoms with Gasteiger partial charge in [-0.3, -0.25) is 4.90 Å². The molecular weight excluding hydrogens is 260 g/mol. The Morgan fingerprint density at radius 2 is 1.76 bits per heavy atom. The van der Waals surface area contributed by atoms with Crippen LogP contribution in [0.3, 0.4) is 0 Å². The van der Waals surface area contributed by atoms with E-state index in [-0.39, 0.29) is 5.41 Å². The number of rotatable bonds is 4. The van der Waals surface area contributed by atoms with E-state index in [1.165, 1.54) is 19.4 Å². The van der Waals surface area contributed by atoms with Gasteiger partial charge in [0.15, 0.2) is 0 Å². The molecule has 4 heteroatoms. The van der Waals surface area contributed by atoms with Crippen molar-refractivity contribution < 1.29 is 0 Å². The summed E-state index contributed by atoms with van der Waals surface area (Å²) in [5.41, 5.74) is 1.07. The van der Waals surface area contributed by atoms with Gasteiger partial charge in [0.1, 0.15) is 11.6 Å². The van der Waals surface area contributed by atoms with Crippen molar-refractivity contribution in [1.29, 1.82) is 0 Å². The third-order valence-electron chi connectivity index (χ3n) is 4.04. The molecule has 1 aromatic heterocycles. The summed E-state index contributed by atoms with van der Waals surface area (Å²) in [6, 6.07) is 2.12. The van der Waals surface area contributed by atoms with Crippen LogP contribution in [-0.2, 0) is 5.41 Å². The SMILES string of the molecule is CCCCN1CCN(c2cc(C)nc(C(C)(C)C)n2)CC1. The van der Waals surface area contributed by atoms with Crippen molar-refractivity contribution >= 4 is 5.82 Å². The molecule has 0 aliphatic carbocycles. The molecule has 0 amide bonds. The largest absolute Gasteiger partial charge is 0.354 e. The number of hydrogen-bond acceptors (Lipinski definition) is 4. The Balaban J connectivity index is 2.05. The van der Waals surface area contributed by atoms with Gasteiger partial charge in [-0.05, 0) is 19.9 Å². The first-order valence-corrected chi connectivity index (χ1v) is 8.23. The van der Waals surface area contributed by atoms with Crippen LogP contribution >= 0.6 is 0 Å². The monoisotopic (exact) mass is 290 g/mol. The van der Waals surface area contributed by atoms with Gasteiger partial charge in [-0.15, -0.1) is 0 Å². The summed E-state index contributed by atoms with van der Waals surface area (Å²) in [6.45, 7) is 16.5. The third-order valence-corrected chi connectivity index (χ3v) is 4.04. The topological polar surface area (TPSA) is 32.3 Å². The quantitative estimate of drug-likeness (QED) is 0.853. The summed E-state index contributed by atoms with van der Waals surface area (Å²) >= 11 is 0. The van der Waals surface area contributed by atoms with E-state index in [1.807, 2.05) is 0 Å². The average molecular weight is 290 g/mol. The molecule has 0 unspecified atom stereocenters. The third kappa shape index (κ3) is 4.40. The van der Waals surface area contributed by atoms with Gasteiger partial charge < -0.3 is 4.90 Å². The van der Waals surface area contributed by atoms with E-state index in [9.17, 15) is 0 Å². The Kier molecular flexibility index (Phi) is 5.20. The molecule has 1 aliphatic rings. The maximum absolute atomic E-state index is 4.81. The second-order valence-electron chi connectivity index (χ2n) is 7.12. The number of anilines is 1. The normalized spacial score (nSPS) is 17.3. The lowest BCUT2D eigenvalue weighted by Crippen LogP contribution is -2.47. The number of aryl methyl sites for hydroxylation is 1. The first kappa shape index (κ1) is 16.2. The highest BCUT2D eigenvalue weighted by Crippen LogP contribution is 2.22. The second kappa shape index (κ2) is 6.73. The summed E-state index contributed by atoms with van der Waals surface area (Å²) in [6.07, 6.45) is 2.58. The number of hydrogen-bond donors (Lipinski definition) is 0. The second-order valence-corrected chi connectivity index (χ2v) is 7.12. The molecule has 1 saturated heterocycles. The van der Waals surface area contributed by atoms with E-state index >= 15 is 0 Å². The molecule has 118 valence electrons. The lowest BCUT2D eigenvalue weighted by Gasteiger charge is -2.35. The van der Waals surface area contributed by atoms with Crippen molar-refractivity contribution in [2.24, 2.45) is 0 Å². The number of unbranched alkanes of at least 4 members (excludes halogenated alkanes) is 1. The van der Waals surface area contributed by atoms with Gasteiger partial charge in [0.2, 0.25) is 0 Å². The highest BCUT2D eigenvalue weighted by Gasteiger charge is 2.22. The maximum Gasteiger partial charge on any atom is 0.136 e. The minimum absolute atomic E-state index is 0.00369. The van der Waals surface area contributed by atoms with Crippen molar-refractivity contribution in [3.63, 3.8) is 0 Å². The predicted octanol–water partition coefficient (Wildman–Crippen LogP) is 3.00. The molecule has 0 bridgehead atoms. The zero-order valence-electron chi connectivity index (χ0n) is 14.3. The Hall–Kier alpha value is -1.16. The number of nitrogens with zero attached hydrogens (tertiary/aromatic N) is 4. The van der Waals surface area contributed by atoms with Gasteiger partial charge in [-0.25, -0.2) is 9.97 Å². The van der Waals surface area contributed by atoms with Crippen LogP contribution in [0.15, 0.2) is 6.07 Å². The summed E-state index contributed by atoms with van der Waals surface area (Å²) in [5.74, 6) is 2.05. The summed E-state index contributed by atoms with van der Waals surface area (Å²) in [5, 5.41) is 0. The van der Waals surface area contributed by atoms with E-state index in [0.717, 1.165) is 43.5 Å². The Bertz CT molecular complexity index is 456. The fourth-order valence-corrected chi connectivity index (χ4v) is 2.63. The summed E-state index contributed by atoms with van der Waals surface area (Å²) < 4.78 is 0. The van der Waals surface area contributed by atoms with E-state index in [4.69, 9.17) is 4.98 Å². The summed E-state index contributed by atoms with van der Waals surface area (Å²) in [7, 11) is 0. The maximum atomic E-state index is 4.81. The fraction of sp³-hybridized carbons (Fsp3) is 0.765. The van der Waals surface area contributed by atoms with E-state index in [2.05, 4.69) is 55.5 Å². The molecular formula is C17H30N4. The van der Waals surface area contributed by atoms with Crippen LogP contribution in [0.1, 0.15) is 52.1 Å². The molecule has 0 N–H and O–H groups in total. The zero-order chi connectivity index (χ0) is 15.5. The Labute approximate surface area is 129 Å². The van der Waals surface area contributed by atoms with Crippen molar-refractivity contribution in [3.8, 4) is 0 Å². The smallest absolute Gasteiger partial charge is 0.136 e. The molecule has 1 fully saturated rings. The first-order valence-electron chi connectivity index (χ1n) is 8.23. The van der Waals surface area contributed by atoms with Gasteiger partial charge >= 0.3 is 0 Å². The van der Waals surface area contributed by atoms with Crippen molar-refractivity contribution in [2.45, 2.75) is 52.9 Å². The van der Waals surface area contributed by atoms with Crippen LogP contribution in [0.5, 0.6) is 0 Å². The Morgan fingerprint density at radius 1 is 1.10 bits per heavy atom. The van der Waals surface area contributed by atoms with Crippen LogP contribution in [-0.4, -0.2) is 47.6 Å². The molecule has 0 atom stereocenters. The highest BCUT2D eigenvalue weighted by molar-refractivity contribution is 5.41. The fourth-order valence-electron chi connectivity index (χ4n) is 2.63. The Morgan fingerprint density at radius 3 is 2.33 bits per heavy atom. The minimum Gasteiger partial charge on any atom is -0.354 e. The molecule has 2 heterocycles. The van der Waals surface area contributed by atoms with Crippen LogP contribution in [0.2, 0.25) is 0 Å². The average Bonchev–Trinajstić information content (AvgIpc) is 2.44. The van der Waals surface area contributed by atoms with Crippen LogP contribution in [0, 0.1) is 6.92 Å². The van der Waals surface area contributed by atoms with Crippen LogP contribution in [0.4, 0.5) is 5.82 Å². The van der Waals surface area contributed by atoms with E-state index in [1.54, 1.807) is 0 Å². The van der Waals surface area contributed by atoms with Crippen LogP contribution in [0.25, 0.3) is 0 Å². The molecule has 0 radical (unpaired) electrons. The van der Waals surface area contributed by atoms with Crippen LogP contribution < -0.4 is 4.90 Å². The standard InChI is InChI=1S/C17H30N4/c1-6-7-8-20-9-11-21(12-10-20)15-13-14(2)18-16(19-15)17(3,4)5/h13H,6-12H2,1-5H3. The number of aromatic nitrogens is 2. The molecule has 0 saturated carbocycles. The zero-order valence-corrected chi connectivity index (χ0v) is 14.3. The van der Waals surface area contributed by atoms with Gasteiger partial charge in [-0.1, -0.05) is 34.1 Å². The van der Waals surface area contributed by atoms with Gasteiger partial charge in [0.25, 0.3) is 0 Å². The highest BCUT2D eigenvalue weighted by atomic mass is 15.3. The lowest BCUT2D eigenvalue weighted by molar-refractivity contribution is 0.253. The van der Waals surface area contributed by atoms with Crippen molar-refractivity contribution in [2.75, 3.05) is 37.6 Å². The molecule has 0 spiro atoms. The summed E-state index contributed by atoms with van der Waals surface area (Å²) in [4.78, 5) is 14.4. The van der Waals surface area contributed by atoms with Gasteiger partial charge in [-0.2, -0.15) is 0 Å². The molecule has 1 aliphatic heterocycles. The minimum atomic E-state index is 0.00369. The van der Waals surface area contributed by atoms with Gasteiger partial charge in [0.05, 0.1) is 0 Å². The lowest BCUT2D eigenvalue weighted by atomic mass is 9.95. The molecule has 21 heavy (non-hydrogen) atoms. The molecule has 1 aromatic rings. The van der Waals surface area contributed by atoms with Gasteiger partial charge in [0, 0.05) is 43.4 Å². The predicted molar refractivity (Wildman–Crippen MR) is 89.0 cm³/mol. The van der Waals surface area contributed by atoms with E-state index in [0.29, 0.717) is 0 Å². The first-order chi connectivity index (χ1) is 9.90. The van der Waals surface area contributed by atoms with Crippen molar-refractivity contribution in [1.82, 2.24) is 14.9 Å². The molecule has 4 nitrogen and oxygen atoms in total. The van der Waals surface area contributed by atoms with E-state index < -0.39 is 0 Å². The van der Waals surface area contributed by atoms with Crippen molar-refractivity contribution in [3.05, 3.63) is 17.6 Å². The molecule has 2 rings (SSSR count). The molecule has 0 aromatic carbocycles. The number of piperazine rings is 1.